The molecule has 0 saturated heterocycles. The summed E-state index contributed by atoms with van der Waals surface area (Å²) in [6.07, 6.45) is 0. The number of sulfonamides is 1. The average molecular weight is 361 g/mol. The van der Waals surface area contributed by atoms with E-state index in [2.05, 4.69) is 36.6 Å². The number of rotatable bonds is 4. The Bertz CT molecular complexity index is 450. The van der Waals surface area contributed by atoms with Crippen molar-refractivity contribution in [3.8, 4) is 0 Å². The Labute approximate surface area is 104 Å². The van der Waals surface area contributed by atoms with E-state index in [9.17, 15) is 12.8 Å². The Morgan fingerprint density at radius 1 is 1.40 bits per heavy atom. The summed E-state index contributed by atoms with van der Waals surface area (Å²) in [4.78, 5) is 0. The lowest BCUT2D eigenvalue weighted by Gasteiger charge is -2.05. The molecule has 1 aromatic carbocycles. The van der Waals surface area contributed by atoms with Crippen LogP contribution in [0.2, 0.25) is 0 Å². The average Bonchev–Trinajstić information content (AvgIpc) is 2.20. The van der Waals surface area contributed by atoms with Gasteiger partial charge in [0.05, 0.1) is 0 Å². The zero-order valence-electron chi connectivity index (χ0n) is 7.50. The van der Waals surface area contributed by atoms with Gasteiger partial charge < -0.3 is 0 Å². The van der Waals surface area contributed by atoms with E-state index in [1.165, 1.54) is 12.1 Å². The molecule has 0 aliphatic heterocycles. The first kappa shape index (κ1) is 13.1. The summed E-state index contributed by atoms with van der Waals surface area (Å²) in [6, 6.07) is 4.37. The minimum Gasteiger partial charge on any atom is -0.212 e. The first-order valence-corrected chi connectivity index (χ1v) is 7.48. The van der Waals surface area contributed by atoms with Gasteiger partial charge in [0.25, 0.3) is 0 Å². The molecule has 0 radical (unpaired) electrons. The normalized spacial score (nSPS) is 11.7. The third-order valence-corrected chi connectivity index (χ3v) is 4.81. The highest BCUT2D eigenvalue weighted by atomic mass is 79.9. The molecule has 0 aromatic heterocycles. The Morgan fingerprint density at radius 3 is 2.67 bits per heavy atom. The smallest absolute Gasteiger partial charge is 0.212 e. The number of hydrogen-bond acceptors (Lipinski definition) is 2. The fourth-order valence-corrected chi connectivity index (χ4v) is 2.25. The summed E-state index contributed by atoms with van der Waals surface area (Å²) in [5.74, 6) is -0.435. The molecule has 1 rings (SSSR count). The molecule has 1 N–H and O–H groups in total. The van der Waals surface area contributed by atoms with Gasteiger partial charge in [-0.05, 0) is 18.2 Å². The van der Waals surface area contributed by atoms with Crippen LogP contribution in [0.1, 0.15) is 5.56 Å². The van der Waals surface area contributed by atoms with Gasteiger partial charge in [0.1, 0.15) is 10.5 Å². The molecular formula is C8H8Br2FNO2S. The minimum absolute atomic E-state index is 0.0563. The first-order chi connectivity index (χ1) is 6.94. The van der Waals surface area contributed by atoms with E-state index in [1.807, 2.05) is 0 Å². The summed E-state index contributed by atoms with van der Waals surface area (Å²) < 4.78 is 38.1. The van der Waals surface area contributed by atoms with E-state index in [0.717, 1.165) is 0 Å². The topological polar surface area (TPSA) is 46.2 Å². The van der Waals surface area contributed by atoms with Crippen LogP contribution >= 0.6 is 31.9 Å². The zero-order chi connectivity index (χ0) is 11.5. The summed E-state index contributed by atoms with van der Waals surface area (Å²) in [6.45, 7) is -0.0563. The van der Waals surface area contributed by atoms with Crippen molar-refractivity contribution < 1.29 is 12.8 Å². The second kappa shape index (κ2) is 5.38. The van der Waals surface area contributed by atoms with Gasteiger partial charge in [-0.2, -0.15) is 0 Å². The maximum Gasteiger partial charge on any atom is 0.221 e. The van der Waals surface area contributed by atoms with E-state index < -0.39 is 15.8 Å². The van der Waals surface area contributed by atoms with Crippen LogP contribution in [0, 0.1) is 5.82 Å². The summed E-state index contributed by atoms with van der Waals surface area (Å²) in [7, 11) is -3.36. The van der Waals surface area contributed by atoms with E-state index in [1.54, 1.807) is 6.07 Å². The molecule has 3 nitrogen and oxygen atoms in total. The van der Waals surface area contributed by atoms with Crippen molar-refractivity contribution >= 4 is 41.9 Å². The predicted octanol–water partition coefficient (Wildman–Crippen LogP) is 2.36. The molecule has 84 valence electrons. The van der Waals surface area contributed by atoms with Crippen LogP contribution < -0.4 is 4.72 Å². The SMILES string of the molecule is O=S(=O)(CBr)NCc1cc(Br)ccc1F. The predicted molar refractivity (Wildman–Crippen MR) is 63.7 cm³/mol. The molecule has 0 aliphatic rings. The zero-order valence-corrected chi connectivity index (χ0v) is 11.5. The highest BCUT2D eigenvalue weighted by Gasteiger charge is 2.09. The Hall–Kier alpha value is 0.0200. The van der Waals surface area contributed by atoms with Gasteiger partial charge in [-0.15, -0.1) is 0 Å². The van der Waals surface area contributed by atoms with Gasteiger partial charge in [0.15, 0.2) is 0 Å². The van der Waals surface area contributed by atoms with Crippen molar-refractivity contribution in [1.82, 2.24) is 4.72 Å². The lowest BCUT2D eigenvalue weighted by atomic mass is 10.2. The Morgan fingerprint density at radius 2 is 2.07 bits per heavy atom. The molecule has 15 heavy (non-hydrogen) atoms. The maximum atomic E-state index is 13.2. The van der Waals surface area contributed by atoms with E-state index >= 15 is 0 Å². The number of hydrogen-bond donors (Lipinski definition) is 1. The van der Waals surface area contributed by atoms with Crippen LogP contribution in [0.15, 0.2) is 22.7 Å². The van der Waals surface area contributed by atoms with Crippen molar-refractivity contribution in [3.05, 3.63) is 34.1 Å². The van der Waals surface area contributed by atoms with Crippen LogP contribution in [-0.4, -0.2) is 13.1 Å². The molecule has 0 amide bonds. The Balaban J connectivity index is 2.78. The largest absolute Gasteiger partial charge is 0.221 e. The molecule has 0 fully saturated rings. The lowest BCUT2D eigenvalue weighted by Crippen LogP contribution is -2.24. The summed E-state index contributed by atoms with van der Waals surface area (Å²) >= 11 is 6.00. The molecule has 0 atom stereocenters. The molecule has 0 spiro atoms. The fourth-order valence-electron chi connectivity index (χ4n) is 0.905. The molecule has 1 aromatic rings. The second-order valence-corrected chi connectivity index (χ2v) is 6.81. The van der Waals surface area contributed by atoms with Crippen molar-refractivity contribution in [2.24, 2.45) is 0 Å². The molecular weight excluding hydrogens is 353 g/mol. The summed E-state index contributed by atoms with van der Waals surface area (Å²) in [5, 5.41) is 0. The van der Waals surface area contributed by atoms with Crippen molar-refractivity contribution in [1.29, 1.82) is 0 Å². The molecule has 0 heterocycles. The maximum absolute atomic E-state index is 13.2. The molecule has 0 saturated carbocycles. The third kappa shape index (κ3) is 4.18. The molecule has 0 aliphatic carbocycles. The highest BCUT2D eigenvalue weighted by molar-refractivity contribution is 9.10. The Kier molecular flexibility index (Phi) is 4.69. The van der Waals surface area contributed by atoms with Crippen LogP contribution in [0.3, 0.4) is 0 Å². The van der Waals surface area contributed by atoms with E-state index in [4.69, 9.17) is 0 Å². The van der Waals surface area contributed by atoms with Crippen LogP contribution in [0.25, 0.3) is 0 Å². The van der Waals surface area contributed by atoms with Crippen molar-refractivity contribution in [2.75, 3.05) is 4.66 Å². The highest BCUT2D eigenvalue weighted by Crippen LogP contribution is 2.15. The van der Waals surface area contributed by atoms with E-state index in [-0.39, 0.29) is 11.2 Å². The fraction of sp³-hybridized carbons (Fsp3) is 0.250. The van der Waals surface area contributed by atoms with Crippen LogP contribution in [-0.2, 0) is 16.6 Å². The third-order valence-electron chi connectivity index (χ3n) is 1.63. The number of halogens is 3. The molecule has 0 bridgehead atoms. The minimum atomic E-state index is -3.36. The van der Waals surface area contributed by atoms with Crippen LogP contribution in [0.4, 0.5) is 4.39 Å². The molecule has 7 heteroatoms. The van der Waals surface area contributed by atoms with Gasteiger partial charge in [0, 0.05) is 16.6 Å². The van der Waals surface area contributed by atoms with Gasteiger partial charge in [-0.25, -0.2) is 17.5 Å². The molecule has 0 unspecified atom stereocenters. The van der Waals surface area contributed by atoms with Gasteiger partial charge >= 0.3 is 0 Å². The van der Waals surface area contributed by atoms with Gasteiger partial charge in [0.2, 0.25) is 10.0 Å². The summed E-state index contributed by atoms with van der Waals surface area (Å²) in [5.41, 5.74) is 0.300. The number of benzene rings is 1. The van der Waals surface area contributed by atoms with Crippen molar-refractivity contribution in [2.45, 2.75) is 6.54 Å². The number of nitrogens with one attached hydrogen (secondary N) is 1. The van der Waals surface area contributed by atoms with Crippen LogP contribution in [0.5, 0.6) is 0 Å². The van der Waals surface area contributed by atoms with Crippen molar-refractivity contribution in [3.63, 3.8) is 0 Å². The monoisotopic (exact) mass is 359 g/mol. The lowest BCUT2D eigenvalue weighted by molar-refractivity contribution is 0.578. The van der Waals surface area contributed by atoms with Gasteiger partial charge in [-0.1, -0.05) is 31.9 Å². The first-order valence-electron chi connectivity index (χ1n) is 3.92. The standard InChI is InChI=1S/C8H8Br2FNO2S/c9-5-15(13,14)12-4-6-3-7(10)1-2-8(6)11/h1-3,12H,4-5H2. The number of alkyl halides is 1. The quantitative estimate of drug-likeness (QED) is 0.838. The van der Waals surface area contributed by atoms with Gasteiger partial charge in [-0.3, -0.25) is 0 Å². The van der Waals surface area contributed by atoms with E-state index in [0.29, 0.717) is 10.0 Å². The second-order valence-electron chi connectivity index (χ2n) is 2.78.